The molecule has 0 radical (unpaired) electrons. The first kappa shape index (κ1) is 17.7. The number of rotatable bonds is 6. The Bertz CT molecular complexity index is 719. The van der Waals surface area contributed by atoms with E-state index in [0.717, 1.165) is 5.56 Å². The maximum absolute atomic E-state index is 12.5. The average Bonchev–Trinajstić information content (AvgIpc) is 3.17. The van der Waals surface area contributed by atoms with Crippen molar-refractivity contribution in [3.8, 4) is 5.75 Å². The van der Waals surface area contributed by atoms with Crippen LogP contribution in [0.2, 0.25) is 5.02 Å². The molecule has 1 amide bonds. The predicted molar refractivity (Wildman–Crippen MR) is 95.6 cm³/mol. The van der Waals surface area contributed by atoms with E-state index < -0.39 is 0 Å². The minimum absolute atomic E-state index is 0.0501. The molecule has 25 heavy (non-hydrogen) atoms. The number of ether oxygens (including phenoxy) is 1. The number of hydrazine groups is 3. The molecule has 2 aromatic carbocycles. The van der Waals surface area contributed by atoms with E-state index in [9.17, 15) is 4.79 Å². The number of carbonyl (C=O) groups is 1. The third-order valence-corrected chi connectivity index (χ3v) is 4.17. The van der Waals surface area contributed by atoms with Gasteiger partial charge in [-0.3, -0.25) is 4.79 Å². The number of nitrogens with one attached hydrogen (secondary N) is 4. The van der Waals surface area contributed by atoms with Crippen LogP contribution in [0, 0.1) is 0 Å². The molecule has 8 heteroatoms. The Morgan fingerprint density at radius 1 is 1.12 bits per heavy atom. The van der Waals surface area contributed by atoms with Crippen LogP contribution in [-0.2, 0) is 0 Å². The molecule has 0 saturated carbocycles. The number of hydrogen-bond acceptors (Lipinski definition) is 6. The SMILES string of the molecule is CN(CCOc1ccccc1Cl)C(=O)c1ccc(C2NNNN2)cc1. The van der Waals surface area contributed by atoms with Crippen LogP contribution in [0.3, 0.4) is 0 Å². The molecule has 132 valence electrons. The quantitative estimate of drug-likeness (QED) is 0.626. The molecule has 0 bridgehead atoms. The zero-order chi connectivity index (χ0) is 17.6. The molecule has 0 unspecified atom stereocenters. The molecule has 0 atom stereocenters. The Kier molecular flexibility index (Phi) is 5.85. The highest BCUT2D eigenvalue weighted by molar-refractivity contribution is 6.32. The van der Waals surface area contributed by atoms with E-state index in [2.05, 4.69) is 21.9 Å². The summed E-state index contributed by atoms with van der Waals surface area (Å²) in [7, 11) is 1.75. The van der Waals surface area contributed by atoms with E-state index in [1.807, 2.05) is 36.4 Å². The van der Waals surface area contributed by atoms with Crippen molar-refractivity contribution in [2.75, 3.05) is 20.2 Å². The van der Waals surface area contributed by atoms with Gasteiger partial charge in [-0.15, -0.1) is 0 Å². The van der Waals surface area contributed by atoms with Crippen LogP contribution in [-0.4, -0.2) is 31.0 Å². The van der Waals surface area contributed by atoms with Crippen LogP contribution in [0.25, 0.3) is 0 Å². The fourth-order valence-corrected chi connectivity index (χ4v) is 2.60. The van der Waals surface area contributed by atoms with Crippen molar-refractivity contribution < 1.29 is 9.53 Å². The summed E-state index contributed by atoms with van der Waals surface area (Å²) in [6.07, 6.45) is -0.0501. The summed E-state index contributed by atoms with van der Waals surface area (Å²) in [6.45, 7) is 0.836. The Morgan fingerprint density at radius 2 is 1.80 bits per heavy atom. The fraction of sp³-hybridized carbons (Fsp3) is 0.235. The lowest BCUT2D eigenvalue weighted by Gasteiger charge is -2.18. The Balaban J connectivity index is 1.52. The summed E-state index contributed by atoms with van der Waals surface area (Å²) in [5.74, 6) is 0.561. The Hall–Kier alpha value is -2.16. The van der Waals surface area contributed by atoms with Crippen molar-refractivity contribution in [2.24, 2.45) is 0 Å². The molecule has 0 aromatic heterocycles. The van der Waals surface area contributed by atoms with Crippen LogP contribution in [0.5, 0.6) is 5.75 Å². The molecule has 1 fully saturated rings. The number of nitrogens with zero attached hydrogens (tertiary/aromatic N) is 1. The van der Waals surface area contributed by atoms with Crippen molar-refractivity contribution in [3.63, 3.8) is 0 Å². The van der Waals surface area contributed by atoms with Gasteiger partial charge in [0.05, 0.1) is 11.6 Å². The number of likely N-dealkylation sites (N-methyl/N-ethyl adjacent to an activating group) is 1. The first-order valence-corrected chi connectivity index (χ1v) is 8.27. The van der Waals surface area contributed by atoms with Gasteiger partial charge in [0, 0.05) is 12.6 Å². The molecule has 0 aliphatic carbocycles. The van der Waals surface area contributed by atoms with Crippen molar-refractivity contribution in [3.05, 3.63) is 64.7 Å². The van der Waals surface area contributed by atoms with Crippen LogP contribution in [0.1, 0.15) is 22.1 Å². The predicted octanol–water partition coefficient (Wildman–Crippen LogP) is 1.61. The van der Waals surface area contributed by atoms with E-state index in [-0.39, 0.29) is 12.1 Å². The van der Waals surface area contributed by atoms with Crippen LogP contribution in [0.15, 0.2) is 48.5 Å². The minimum atomic E-state index is -0.0575. The van der Waals surface area contributed by atoms with E-state index >= 15 is 0 Å². The molecular formula is C17H20ClN5O2. The number of hydrogen-bond donors (Lipinski definition) is 4. The molecule has 1 saturated heterocycles. The summed E-state index contributed by atoms with van der Waals surface area (Å²) >= 11 is 6.04. The zero-order valence-corrected chi connectivity index (χ0v) is 14.5. The van der Waals surface area contributed by atoms with Gasteiger partial charge in [0.2, 0.25) is 0 Å². The lowest BCUT2D eigenvalue weighted by atomic mass is 10.1. The topological polar surface area (TPSA) is 77.7 Å². The van der Waals surface area contributed by atoms with Crippen molar-refractivity contribution in [1.29, 1.82) is 0 Å². The second kappa shape index (κ2) is 8.28. The number of benzene rings is 2. The molecular weight excluding hydrogens is 342 g/mol. The van der Waals surface area contributed by atoms with Gasteiger partial charge in [0.15, 0.2) is 0 Å². The molecule has 3 rings (SSSR count). The Labute approximate surface area is 151 Å². The molecule has 1 aliphatic rings. The standard InChI is InChI=1S/C17H20ClN5O2/c1-23(10-11-25-15-5-3-2-4-14(15)18)17(24)13-8-6-12(7-9-13)16-19-21-22-20-16/h2-9,16,19-22H,10-11H2,1H3. The summed E-state index contributed by atoms with van der Waals surface area (Å²) in [5.41, 5.74) is 13.2. The highest BCUT2D eigenvalue weighted by Crippen LogP contribution is 2.22. The number of carbonyl (C=O) groups excluding carboxylic acids is 1. The van der Waals surface area contributed by atoms with E-state index in [1.165, 1.54) is 0 Å². The molecule has 2 aromatic rings. The highest BCUT2D eigenvalue weighted by Gasteiger charge is 2.16. The third kappa shape index (κ3) is 4.47. The van der Waals surface area contributed by atoms with Gasteiger partial charge >= 0.3 is 0 Å². The summed E-state index contributed by atoms with van der Waals surface area (Å²) < 4.78 is 5.62. The maximum Gasteiger partial charge on any atom is 0.253 e. The molecule has 7 nitrogen and oxygen atoms in total. The van der Waals surface area contributed by atoms with Crippen molar-refractivity contribution in [1.82, 2.24) is 26.8 Å². The van der Waals surface area contributed by atoms with Gasteiger partial charge in [-0.05, 0) is 29.8 Å². The van der Waals surface area contributed by atoms with Crippen LogP contribution in [0.4, 0.5) is 0 Å². The Morgan fingerprint density at radius 3 is 2.48 bits per heavy atom. The second-order valence-electron chi connectivity index (χ2n) is 5.60. The molecule has 1 heterocycles. The minimum Gasteiger partial charge on any atom is -0.490 e. The highest BCUT2D eigenvalue weighted by atomic mass is 35.5. The summed E-state index contributed by atoms with van der Waals surface area (Å²) in [6, 6.07) is 14.7. The van der Waals surface area contributed by atoms with E-state index in [1.54, 1.807) is 24.1 Å². The number of amides is 1. The lowest BCUT2D eigenvalue weighted by molar-refractivity contribution is 0.0774. The van der Waals surface area contributed by atoms with Crippen molar-refractivity contribution in [2.45, 2.75) is 6.17 Å². The van der Waals surface area contributed by atoms with E-state index in [4.69, 9.17) is 16.3 Å². The molecule has 0 spiro atoms. The van der Waals surface area contributed by atoms with Gasteiger partial charge in [-0.2, -0.15) is 11.1 Å². The third-order valence-electron chi connectivity index (χ3n) is 3.85. The molecule has 1 aliphatic heterocycles. The normalized spacial score (nSPS) is 14.5. The van der Waals surface area contributed by atoms with Crippen molar-refractivity contribution >= 4 is 17.5 Å². The monoisotopic (exact) mass is 361 g/mol. The average molecular weight is 362 g/mol. The summed E-state index contributed by atoms with van der Waals surface area (Å²) in [4.78, 5) is 14.1. The van der Waals surface area contributed by atoms with Crippen LogP contribution >= 0.6 is 11.6 Å². The molecule has 4 N–H and O–H groups in total. The smallest absolute Gasteiger partial charge is 0.253 e. The van der Waals surface area contributed by atoms with E-state index in [0.29, 0.717) is 29.5 Å². The first-order valence-electron chi connectivity index (χ1n) is 7.89. The van der Waals surface area contributed by atoms with Crippen LogP contribution < -0.4 is 26.7 Å². The van der Waals surface area contributed by atoms with Gasteiger partial charge in [0.1, 0.15) is 18.5 Å². The fourth-order valence-electron chi connectivity index (χ4n) is 2.41. The summed E-state index contributed by atoms with van der Waals surface area (Å²) in [5, 5.41) is 0.560. The van der Waals surface area contributed by atoms with Gasteiger partial charge in [0.25, 0.3) is 5.91 Å². The number of para-hydroxylation sites is 1. The van der Waals surface area contributed by atoms with Gasteiger partial charge in [-0.1, -0.05) is 35.9 Å². The van der Waals surface area contributed by atoms with Gasteiger partial charge < -0.3 is 9.64 Å². The largest absolute Gasteiger partial charge is 0.490 e. The zero-order valence-electron chi connectivity index (χ0n) is 13.8. The number of halogens is 1. The second-order valence-corrected chi connectivity index (χ2v) is 6.01. The maximum atomic E-state index is 12.5. The first-order chi connectivity index (χ1) is 12.1. The van der Waals surface area contributed by atoms with Gasteiger partial charge in [-0.25, -0.2) is 10.9 Å². The lowest BCUT2D eigenvalue weighted by Crippen LogP contribution is -2.33.